The Labute approximate surface area is 164 Å². The van der Waals surface area contributed by atoms with Gasteiger partial charge in [0.2, 0.25) is 5.95 Å². The van der Waals surface area contributed by atoms with Crippen LogP contribution in [0, 0.1) is 17.2 Å². The highest BCUT2D eigenvalue weighted by molar-refractivity contribution is 5.69. The fourth-order valence-corrected chi connectivity index (χ4v) is 2.66. The highest BCUT2D eigenvalue weighted by Crippen LogP contribution is 2.25. The molecule has 0 aliphatic heterocycles. The maximum Gasteiger partial charge on any atom is 0.225 e. The summed E-state index contributed by atoms with van der Waals surface area (Å²) in [5.41, 5.74) is 2.79. The smallest absolute Gasteiger partial charge is 0.225 e. The minimum absolute atomic E-state index is 0.0272. The van der Waals surface area contributed by atoms with Crippen molar-refractivity contribution in [3.05, 3.63) is 60.4 Å². The number of benzene rings is 1. The number of para-hydroxylation sites is 1. The van der Waals surface area contributed by atoms with Crippen LogP contribution < -0.4 is 10.6 Å². The summed E-state index contributed by atoms with van der Waals surface area (Å²) in [5.74, 6) is 1.15. The standard InChI is InChI=1S/C21H22N6O/c1-14(2)19(13-28)26-21-25-18(15-7-9-23-10-8-15)11-20(27-21)24-17-6-4-3-5-16(17)12-22/h3-11,14,19,28H,13H2,1-2H3,(H2,24,25,26,27)/t19-/m0/s1. The monoisotopic (exact) mass is 374 g/mol. The van der Waals surface area contributed by atoms with E-state index in [9.17, 15) is 10.4 Å². The predicted octanol–water partition coefficient (Wildman–Crippen LogP) is 3.58. The van der Waals surface area contributed by atoms with Crippen LogP contribution in [0.15, 0.2) is 54.9 Å². The molecular formula is C21H22N6O. The number of anilines is 3. The molecule has 7 nitrogen and oxygen atoms in total. The van der Waals surface area contributed by atoms with Gasteiger partial charge in [0.1, 0.15) is 11.9 Å². The third kappa shape index (κ3) is 4.61. The predicted molar refractivity (Wildman–Crippen MR) is 109 cm³/mol. The number of aliphatic hydroxyl groups excluding tert-OH is 1. The lowest BCUT2D eigenvalue weighted by atomic mass is 10.1. The molecule has 2 aromatic heterocycles. The van der Waals surface area contributed by atoms with Gasteiger partial charge < -0.3 is 15.7 Å². The molecule has 0 saturated heterocycles. The molecule has 0 amide bonds. The number of nitriles is 1. The molecule has 3 rings (SSSR count). The first-order valence-corrected chi connectivity index (χ1v) is 9.03. The maximum atomic E-state index is 9.64. The normalized spacial score (nSPS) is 11.7. The van der Waals surface area contributed by atoms with Crippen LogP contribution in [-0.2, 0) is 0 Å². The maximum absolute atomic E-state index is 9.64. The van der Waals surface area contributed by atoms with Crippen LogP contribution in [-0.4, -0.2) is 32.7 Å². The number of hydrogen-bond donors (Lipinski definition) is 3. The average Bonchev–Trinajstić information content (AvgIpc) is 2.72. The number of aliphatic hydroxyl groups is 1. The molecular weight excluding hydrogens is 352 g/mol. The van der Waals surface area contributed by atoms with E-state index < -0.39 is 0 Å². The summed E-state index contributed by atoms with van der Waals surface area (Å²) in [6, 6.07) is 14.8. The van der Waals surface area contributed by atoms with E-state index in [1.165, 1.54) is 0 Å². The molecule has 3 aromatic rings. The molecule has 0 aliphatic carbocycles. The zero-order valence-corrected chi connectivity index (χ0v) is 15.8. The van der Waals surface area contributed by atoms with E-state index in [-0.39, 0.29) is 18.6 Å². The molecule has 1 aromatic carbocycles. The van der Waals surface area contributed by atoms with E-state index in [2.05, 4.69) is 31.7 Å². The largest absolute Gasteiger partial charge is 0.394 e. The van der Waals surface area contributed by atoms with E-state index >= 15 is 0 Å². The van der Waals surface area contributed by atoms with Gasteiger partial charge in [-0.1, -0.05) is 26.0 Å². The van der Waals surface area contributed by atoms with Crippen LogP contribution in [0.25, 0.3) is 11.3 Å². The molecule has 0 unspecified atom stereocenters. The second-order valence-electron chi connectivity index (χ2n) is 6.66. The van der Waals surface area contributed by atoms with Crippen LogP contribution >= 0.6 is 0 Å². The summed E-state index contributed by atoms with van der Waals surface area (Å²) in [6.07, 6.45) is 3.40. The van der Waals surface area contributed by atoms with Crippen molar-refractivity contribution in [3.63, 3.8) is 0 Å². The van der Waals surface area contributed by atoms with Crippen LogP contribution in [0.1, 0.15) is 19.4 Å². The quantitative estimate of drug-likeness (QED) is 0.580. The van der Waals surface area contributed by atoms with Gasteiger partial charge in [-0.05, 0) is 30.2 Å². The van der Waals surface area contributed by atoms with Gasteiger partial charge in [0.05, 0.1) is 29.6 Å². The molecule has 0 saturated carbocycles. The van der Waals surface area contributed by atoms with Crippen molar-refractivity contribution < 1.29 is 5.11 Å². The van der Waals surface area contributed by atoms with Crippen molar-refractivity contribution in [2.24, 2.45) is 5.92 Å². The van der Waals surface area contributed by atoms with Gasteiger partial charge in [-0.3, -0.25) is 4.98 Å². The van der Waals surface area contributed by atoms with Crippen LogP contribution in [0.5, 0.6) is 0 Å². The molecule has 3 N–H and O–H groups in total. The van der Waals surface area contributed by atoms with Gasteiger partial charge in [-0.25, -0.2) is 4.98 Å². The van der Waals surface area contributed by atoms with Crippen LogP contribution in [0.2, 0.25) is 0 Å². The Balaban J connectivity index is 2.01. The van der Waals surface area contributed by atoms with E-state index in [0.717, 1.165) is 5.56 Å². The van der Waals surface area contributed by atoms with Crippen LogP contribution in [0.3, 0.4) is 0 Å². The summed E-state index contributed by atoms with van der Waals surface area (Å²) < 4.78 is 0. The minimum Gasteiger partial charge on any atom is -0.394 e. The van der Waals surface area contributed by atoms with Crippen molar-refractivity contribution >= 4 is 17.5 Å². The number of aromatic nitrogens is 3. The molecule has 2 heterocycles. The zero-order valence-electron chi connectivity index (χ0n) is 15.8. The lowest BCUT2D eigenvalue weighted by Crippen LogP contribution is -2.30. The van der Waals surface area contributed by atoms with E-state index in [0.29, 0.717) is 28.7 Å². The van der Waals surface area contributed by atoms with Gasteiger partial charge >= 0.3 is 0 Å². The zero-order chi connectivity index (χ0) is 19.9. The van der Waals surface area contributed by atoms with Gasteiger partial charge in [-0.15, -0.1) is 0 Å². The van der Waals surface area contributed by atoms with Crippen molar-refractivity contribution in [2.45, 2.75) is 19.9 Å². The molecule has 28 heavy (non-hydrogen) atoms. The number of hydrogen-bond acceptors (Lipinski definition) is 7. The summed E-state index contributed by atoms with van der Waals surface area (Å²) in [7, 11) is 0. The Bertz CT molecular complexity index is 968. The van der Waals surface area contributed by atoms with Gasteiger partial charge in [-0.2, -0.15) is 10.2 Å². The minimum atomic E-state index is -0.174. The summed E-state index contributed by atoms with van der Waals surface area (Å²) >= 11 is 0. The highest BCUT2D eigenvalue weighted by Gasteiger charge is 2.15. The average molecular weight is 374 g/mol. The van der Waals surface area contributed by atoms with Gasteiger partial charge in [0.15, 0.2) is 0 Å². The Morgan fingerprint density at radius 2 is 1.86 bits per heavy atom. The Morgan fingerprint density at radius 3 is 2.54 bits per heavy atom. The van der Waals surface area contributed by atoms with Crippen molar-refractivity contribution in [3.8, 4) is 17.3 Å². The Hall–Kier alpha value is -3.50. The summed E-state index contributed by atoms with van der Waals surface area (Å²) in [5, 5.41) is 25.4. The summed E-state index contributed by atoms with van der Waals surface area (Å²) in [4.78, 5) is 13.2. The fourth-order valence-electron chi connectivity index (χ4n) is 2.66. The number of pyridine rings is 1. The molecule has 0 fully saturated rings. The number of rotatable bonds is 7. The summed E-state index contributed by atoms with van der Waals surface area (Å²) in [6.45, 7) is 4.01. The van der Waals surface area contributed by atoms with Crippen molar-refractivity contribution in [1.82, 2.24) is 15.0 Å². The first kappa shape index (κ1) is 19.3. The first-order chi connectivity index (χ1) is 13.6. The molecule has 142 valence electrons. The topological polar surface area (TPSA) is 107 Å². The van der Waals surface area contributed by atoms with E-state index in [1.54, 1.807) is 18.5 Å². The number of nitrogens with one attached hydrogen (secondary N) is 2. The van der Waals surface area contributed by atoms with E-state index in [4.69, 9.17) is 0 Å². The molecule has 7 heteroatoms. The van der Waals surface area contributed by atoms with Crippen LogP contribution in [0.4, 0.5) is 17.5 Å². The van der Waals surface area contributed by atoms with Crippen molar-refractivity contribution in [1.29, 1.82) is 5.26 Å². The third-order valence-electron chi connectivity index (χ3n) is 4.33. The lowest BCUT2D eigenvalue weighted by molar-refractivity contribution is 0.248. The third-order valence-corrected chi connectivity index (χ3v) is 4.33. The first-order valence-electron chi connectivity index (χ1n) is 9.03. The fraction of sp³-hybridized carbons (Fsp3) is 0.238. The molecule has 0 aliphatic rings. The second kappa shape index (κ2) is 8.93. The Morgan fingerprint density at radius 1 is 1.11 bits per heavy atom. The van der Waals surface area contributed by atoms with E-state index in [1.807, 2.05) is 50.2 Å². The molecule has 0 spiro atoms. The highest BCUT2D eigenvalue weighted by atomic mass is 16.3. The second-order valence-corrected chi connectivity index (χ2v) is 6.66. The Kier molecular flexibility index (Phi) is 6.14. The van der Waals surface area contributed by atoms with Gasteiger partial charge in [0, 0.05) is 24.0 Å². The number of nitrogens with zero attached hydrogens (tertiary/aromatic N) is 4. The van der Waals surface area contributed by atoms with Gasteiger partial charge in [0.25, 0.3) is 0 Å². The molecule has 0 radical (unpaired) electrons. The molecule has 0 bridgehead atoms. The van der Waals surface area contributed by atoms with Crippen molar-refractivity contribution in [2.75, 3.05) is 17.2 Å². The molecule has 1 atom stereocenters. The SMILES string of the molecule is CC(C)[C@H](CO)Nc1nc(Nc2ccccc2C#N)cc(-c2ccncc2)n1. The lowest BCUT2D eigenvalue weighted by Gasteiger charge is -2.20.